The fourth-order valence-corrected chi connectivity index (χ4v) is 4.68. The van der Waals surface area contributed by atoms with Crippen molar-refractivity contribution in [1.82, 2.24) is 0 Å². The Morgan fingerprint density at radius 3 is 2.25 bits per heavy atom. The zero-order valence-electron chi connectivity index (χ0n) is 10.6. The summed E-state index contributed by atoms with van der Waals surface area (Å²) in [5.74, 6) is 2.22. The van der Waals surface area contributed by atoms with Gasteiger partial charge < -0.3 is 10.8 Å². The first-order valence-corrected chi connectivity index (χ1v) is 7.62. The van der Waals surface area contributed by atoms with Gasteiger partial charge in [0.1, 0.15) is 0 Å². The molecule has 1 saturated heterocycles. The summed E-state index contributed by atoms with van der Waals surface area (Å²) < 4.78 is 0. The van der Waals surface area contributed by atoms with Crippen molar-refractivity contribution in [3.8, 4) is 0 Å². The van der Waals surface area contributed by atoms with Gasteiger partial charge in [0.15, 0.2) is 0 Å². The molecule has 1 heterocycles. The molecule has 2 rings (SSSR count). The average molecular weight is 243 g/mol. The van der Waals surface area contributed by atoms with Crippen molar-refractivity contribution in [2.75, 3.05) is 11.5 Å². The van der Waals surface area contributed by atoms with E-state index in [2.05, 4.69) is 13.8 Å². The Kier molecular flexibility index (Phi) is 3.32. The summed E-state index contributed by atoms with van der Waals surface area (Å²) in [4.78, 5) is 0. The van der Waals surface area contributed by atoms with Crippen molar-refractivity contribution in [2.24, 2.45) is 11.1 Å². The first kappa shape index (κ1) is 12.7. The third kappa shape index (κ3) is 2.27. The topological polar surface area (TPSA) is 46.2 Å². The third-order valence-corrected chi connectivity index (χ3v) is 5.51. The predicted molar refractivity (Wildman–Crippen MR) is 70.7 cm³/mol. The minimum Gasteiger partial charge on any atom is -0.388 e. The van der Waals surface area contributed by atoms with Crippen molar-refractivity contribution in [2.45, 2.75) is 63.5 Å². The van der Waals surface area contributed by atoms with Crippen molar-refractivity contribution >= 4 is 11.8 Å². The van der Waals surface area contributed by atoms with E-state index in [4.69, 9.17) is 5.73 Å². The van der Waals surface area contributed by atoms with Gasteiger partial charge in [0.25, 0.3) is 0 Å². The van der Waals surface area contributed by atoms with Gasteiger partial charge in [-0.1, -0.05) is 13.8 Å². The van der Waals surface area contributed by atoms with Crippen LogP contribution in [0.5, 0.6) is 0 Å². The van der Waals surface area contributed by atoms with Crippen LogP contribution in [0.4, 0.5) is 0 Å². The van der Waals surface area contributed by atoms with Gasteiger partial charge in [-0.25, -0.2) is 0 Å². The van der Waals surface area contributed by atoms with Crippen LogP contribution >= 0.6 is 11.8 Å². The summed E-state index contributed by atoms with van der Waals surface area (Å²) in [5.41, 5.74) is 5.84. The van der Waals surface area contributed by atoms with Crippen LogP contribution < -0.4 is 5.73 Å². The summed E-state index contributed by atoms with van der Waals surface area (Å²) in [6.45, 7) is 4.52. The molecule has 1 atom stereocenters. The monoisotopic (exact) mass is 243 g/mol. The highest BCUT2D eigenvalue weighted by Crippen LogP contribution is 2.48. The first-order valence-electron chi connectivity index (χ1n) is 6.46. The van der Waals surface area contributed by atoms with Crippen molar-refractivity contribution in [3.63, 3.8) is 0 Å². The summed E-state index contributed by atoms with van der Waals surface area (Å²) in [5, 5.41) is 11.0. The normalized spacial score (nSPS) is 38.2. The fourth-order valence-electron chi connectivity index (χ4n) is 3.45. The fraction of sp³-hybridized carbons (Fsp3) is 1.00. The highest BCUT2D eigenvalue weighted by Gasteiger charge is 2.51. The van der Waals surface area contributed by atoms with Crippen molar-refractivity contribution in [3.05, 3.63) is 0 Å². The lowest BCUT2D eigenvalue weighted by molar-refractivity contribution is -0.0986. The Balaban J connectivity index is 2.16. The molecule has 1 saturated carbocycles. The molecule has 2 nitrogen and oxygen atoms in total. The van der Waals surface area contributed by atoms with Crippen LogP contribution in [0.15, 0.2) is 0 Å². The largest absolute Gasteiger partial charge is 0.388 e. The van der Waals surface area contributed by atoms with E-state index in [9.17, 15) is 5.11 Å². The van der Waals surface area contributed by atoms with E-state index in [1.807, 2.05) is 11.8 Å². The Hall–Kier alpha value is 0.270. The second-order valence-corrected chi connectivity index (χ2v) is 7.72. The van der Waals surface area contributed by atoms with E-state index in [0.29, 0.717) is 0 Å². The summed E-state index contributed by atoms with van der Waals surface area (Å²) >= 11 is 1.97. The second kappa shape index (κ2) is 4.18. The van der Waals surface area contributed by atoms with Crippen LogP contribution in [0.1, 0.15) is 52.4 Å². The van der Waals surface area contributed by atoms with Crippen LogP contribution in [-0.2, 0) is 0 Å². The maximum Gasteiger partial charge on any atom is 0.0832 e. The van der Waals surface area contributed by atoms with Gasteiger partial charge in [0.2, 0.25) is 0 Å². The van der Waals surface area contributed by atoms with E-state index >= 15 is 0 Å². The Morgan fingerprint density at radius 2 is 1.69 bits per heavy atom. The maximum atomic E-state index is 11.0. The molecule has 0 aromatic heterocycles. The Morgan fingerprint density at radius 1 is 1.06 bits per heavy atom. The molecule has 0 spiro atoms. The number of hydrogen-bond acceptors (Lipinski definition) is 3. The highest BCUT2D eigenvalue weighted by molar-refractivity contribution is 7.99. The molecule has 0 aromatic rings. The summed E-state index contributed by atoms with van der Waals surface area (Å²) in [7, 11) is 0. The van der Waals surface area contributed by atoms with Gasteiger partial charge in [0, 0.05) is 5.54 Å². The molecular weight excluding hydrogens is 218 g/mol. The van der Waals surface area contributed by atoms with Crippen molar-refractivity contribution < 1.29 is 5.11 Å². The molecule has 3 heteroatoms. The molecule has 94 valence electrons. The second-order valence-electron chi connectivity index (χ2n) is 6.49. The van der Waals surface area contributed by atoms with Gasteiger partial charge in [-0.2, -0.15) is 11.8 Å². The molecular formula is C13H25NOS. The van der Waals surface area contributed by atoms with Gasteiger partial charge >= 0.3 is 0 Å². The SMILES string of the molecule is CC1(C)CCCC(O)(C2(N)CCSCC2)C1. The van der Waals surface area contributed by atoms with E-state index in [1.165, 1.54) is 6.42 Å². The minimum atomic E-state index is -0.615. The third-order valence-electron chi connectivity index (χ3n) is 4.53. The van der Waals surface area contributed by atoms with Gasteiger partial charge in [-0.05, 0) is 55.4 Å². The van der Waals surface area contributed by atoms with Crippen LogP contribution in [-0.4, -0.2) is 27.8 Å². The smallest absolute Gasteiger partial charge is 0.0832 e. The van der Waals surface area contributed by atoms with E-state index < -0.39 is 5.60 Å². The number of nitrogens with two attached hydrogens (primary N) is 1. The zero-order valence-corrected chi connectivity index (χ0v) is 11.4. The first-order chi connectivity index (χ1) is 7.37. The van der Waals surface area contributed by atoms with Crippen molar-refractivity contribution in [1.29, 1.82) is 0 Å². The van der Waals surface area contributed by atoms with Crippen LogP contribution in [0.3, 0.4) is 0 Å². The molecule has 16 heavy (non-hydrogen) atoms. The molecule has 0 aromatic carbocycles. The molecule has 2 fully saturated rings. The molecule has 0 amide bonds. The molecule has 3 N–H and O–H groups in total. The molecule has 1 aliphatic heterocycles. The quantitative estimate of drug-likeness (QED) is 0.744. The van der Waals surface area contributed by atoms with Crippen LogP contribution in [0.2, 0.25) is 0 Å². The molecule has 2 aliphatic rings. The minimum absolute atomic E-state index is 0.254. The molecule has 0 bridgehead atoms. The lowest BCUT2D eigenvalue weighted by Crippen LogP contribution is -2.64. The molecule has 1 unspecified atom stereocenters. The zero-order chi connectivity index (χ0) is 11.9. The highest BCUT2D eigenvalue weighted by atomic mass is 32.2. The van der Waals surface area contributed by atoms with Gasteiger partial charge in [-0.3, -0.25) is 0 Å². The van der Waals surface area contributed by atoms with Gasteiger partial charge in [-0.15, -0.1) is 0 Å². The lowest BCUT2D eigenvalue weighted by Gasteiger charge is -2.52. The standard InChI is InChI=1S/C13H25NOS/c1-11(2)4-3-5-13(15,10-11)12(14)6-8-16-9-7-12/h15H,3-10,14H2,1-2H3. The van der Waals surface area contributed by atoms with E-state index in [0.717, 1.165) is 43.6 Å². The number of thioether (sulfide) groups is 1. The number of rotatable bonds is 1. The average Bonchev–Trinajstić information content (AvgIpc) is 2.16. The Bertz CT molecular complexity index is 261. The van der Waals surface area contributed by atoms with Gasteiger partial charge in [0.05, 0.1) is 5.60 Å². The lowest BCUT2D eigenvalue weighted by atomic mass is 9.61. The summed E-state index contributed by atoms with van der Waals surface area (Å²) in [6.07, 6.45) is 6.07. The maximum absolute atomic E-state index is 11.0. The van der Waals surface area contributed by atoms with E-state index in [1.54, 1.807) is 0 Å². The Labute approximate surface area is 103 Å². The number of aliphatic hydroxyl groups is 1. The summed E-state index contributed by atoms with van der Waals surface area (Å²) in [6, 6.07) is 0. The predicted octanol–water partition coefficient (Wildman–Crippen LogP) is 2.54. The van der Waals surface area contributed by atoms with Crippen LogP contribution in [0, 0.1) is 5.41 Å². The van der Waals surface area contributed by atoms with E-state index in [-0.39, 0.29) is 11.0 Å². The number of hydrogen-bond donors (Lipinski definition) is 2. The van der Waals surface area contributed by atoms with Crippen LogP contribution in [0.25, 0.3) is 0 Å². The molecule has 0 radical (unpaired) electrons. The molecule has 1 aliphatic carbocycles.